The van der Waals surface area contributed by atoms with Gasteiger partial charge in [0.1, 0.15) is 0 Å². The van der Waals surface area contributed by atoms with Crippen molar-refractivity contribution in [2.24, 2.45) is 0 Å². The van der Waals surface area contributed by atoms with E-state index in [0.29, 0.717) is 11.1 Å². The lowest BCUT2D eigenvalue weighted by Crippen LogP contribution is -2.16. The molecule has 0 fully saturated rings. The molecule has 0 spiro atoms. The lowest BCUT2D eigenvalue weighted by atomic mass is 9.84. The molecular formula is C26H25Cl2O3P. The lowest BCUT2D eigenvalue weighted by Gasteiger charge is -2.22. The number of aryl methyl sites for hydroxylation is 2. The van der Waals surface area contributed by atoms with Gasteiger partial charge in [0, 0.05) is 16.7 Å². The molecule has 3 aromatic rings. The molecule has 0 bridgehead atoms. The minimum atomic E-state index is -3.09. The number of carbonyl (C=O) groups excluding carboxylic acids is 2. The van der Waals surface area contributed by atoms with Crippen molar-refractivity contribution in [3.8, 4) is 0 Å². The average molecular weight is 487 g/mol. The van der Waals surface area contributed by atoms with Crippen molar-refractivity contribution >= 4 is 47.6 Å². The Bertz CT molecular complexity index is 1220. The van der Waals surface area contributed by atoms with Gasteiger partial charge < -0.3 is 4.57 Å². The molecule has 1 atom stereocenters. The number of ketones is 1. The van der Waals surface area contributed by atoms with E-state index >= 15 is 0 Å². The fourth-order valence-corrected chi connectivity index (χ4v) is 6.12. The van der Waals surface area contributed by atoms with Crippen molar-refractivity contribution in [1.82, 2.24) is 0 Å². The highest BCUT2D eigenvalue weighted by molar-refractivity contribution is 7.72. The highest BCUT2D eigenvalue weighted by Gasteiger charge is 2.28. The summed E-state index contributed by atoms with van der Waals surface area (Å²) in [5.74, 6) is -0.322. The molecule has 0 saturated heterocycles. The molecular weight excluding hydrogens is 462 g/mol. The lowest BCUT2D eigenvalue weighted by molar-refractivity contribution is 0.103. The summed E-state index contributed by atoms with van der Waals surface area (Å²) >= 11 is 12.8. The third-order valence-electron chi connectivity index (χ3n) is 5.43. The predicted molar refractivity (Wildman–Crippen MR) is 134 cm³/mol. The first-order chi connectivity index (χ1) is 14.9. The van der Waals surface area contributed by atoms with E-state index in [-0.39, 0.29) is 32.1 Å². The number of carbonyl (C=O) groups is 2. The summed E-state index contributed by atoms with van der Waals surface area (Å²) in [4.78, 5) is 26.3. The van der Waals surface area contributed by atoms with Crippen LogP contribution in [0, 0.1) is 13.8 Å². The fourth-order valence-electron chi connectivity index (χ4n) is 3.66. The van der Waals surface area contributed by atoms with E-state index in [2.05, 4.69) is 20.8 Å². The van der Waals surface area contributed by atoms with E-state index < -0.39 is 13.3 Å². The van der Waals surface area contributed by atoms with Crippen LogP contribution in [0.5, 0.6) is 0 Å². The Morgan fingerprint density at radius 1 is 0.875 bits per heavy atom. The third kappa shape index (κ3) is 4.76. The maximum absolute atomic E-state index is 13.4. The maximum Gasteiger partial charge on any atom is 0.223 e. The highest BCUT2D eigenvalue weighted by atomic mass is 35.5. The van der Waals surface area contributed by atoms with Gasteiger partial charge in [-0.3, -0.25) is 9.59 Å². The Morgan fingerprint density at radius 3 is 1.97 bits per heavy atom. The Balaban J connectivity index is 2.07. The smallest absolute Gasteiger partial charge is 0.223 e. The zero-order chi connectivity index (χ0) is 23.8. The van der Waals surface area contributed by atoms with Gasteiger partial charge >= 0.3 is 0 Å². The van der Waals surface area contributed by atoms with Crippen LogP contribution in [-0.4, -0.2) is 11.3 Å². The molecule has 3 aromatic carbocycles. The van der Waals surface area contributed by atoms with Gasteiger partial charge in [-0.2, -0.15) is 0 Å². The Kier molecular flexibility index (Phi) is 7.15. The Hall–Kier alpha value is -2.19. The van der Waals surface area contributed by atoms with E-state index in [0.717, 1.165) is 16.7 Å². The highest BCUT2D eigenvalue weighted by Crippen LogP contribution is 2.38. The molecule has 0 amide bonds. The summed E-state index contributed by atoms with van der Waals surface area (Å²) in [6.07, 6.45) is 0. The molecule has 3 nitrogen and oxygen atoms in total. The van der Waals surface area contributed by atoms with Crippen molar-refractivity contribution in [2.45, 2.75) is 40.0 Å². The summed E-state index contributed by atoms with van der Waals surface area (Å²) in [5, 5.41) is 0.104. The van der Waals surface area contributed by atoms with Crippen molar-refractivity contribution in [3.05, 3.63) is 98.0 Å². The Labute approximate surface area is 199 Å². The molecule has 0 heterocycles. The van der Waals surface area contributed by atoms with Gasteiger partial charge in [-0.25, -0.2) is 0 Å². The van der Waals surface area contributed by atoms with Crippen LogP contribution in [0.3, 0.4) is 0 Å². The molecule has 0 saturated carbocycles. The second kappa shape index (κ2) is 9.35. The monoisotopic (exact) mass is 486 g/mol. The van der Waals surface area contributed by atoms with Crippen molar-refractivity contribution in [1.29, 1.82) is 0 Å². The van der Waals surface area contributed by atoms with Crippen LogP contribution >= 0.6 is 31.0 Å². The number of rotatable bonds is 5. The maximum atomic E-state index is 13.4. The van der Waals surface area contributed by atoms with E-state index in [1.165, 1.54) is 12.1 Å². The molecule has 0 aromatic heterocycles. The van der Waals surface area contributed by atoms with Crippen molar-refractivity contribution in [3.63, 3.8) is 0 Å². The molecule has 0 aliphatic rings. The Morgan fingerprint density at radius 2 is 1.44 bits per heavy atom. The largest absolute Gasteiger partial charge is 0.313 e. The zero-order valence-corrected chi connectivity index (χ0v) is 21.2. The predicted octanol–water partition coefficient (Wildman–Crippen LogP) is 7.16. The van der Waals surface area contributed by atoms with E-state index in [1.54, 1.807) is 30.3 Å². The average Bonchev–Trinajstić information content (AvgIpc) is 2.72. The van der Waals surface area contributed by atoms with Crippen molar-refractivity contribution in [2.75, 3.05) is 0 Å². The summed E-state index contributed by atoms with van der Waals surface area (Å²) < 4.78 is 13.4. The van der Waals surface area contributed by atoms with Gasteiger partial charge in [0.05, 0.1) is 15.3 Å². The van der Waals surface area contributed by atoms with Gasteiger partial charge in [-0.05, 0) is 48.1 Å². The molecule has 0 aliphatic heterocycles. The number of hydrogen-bond donors (Lipinski definition) is 0. The van der Waals surface area contributed by atoms with Crippen LogP contribution in [0.1, 0.15) is 63.7 Å². The molecule has 166 valence electrons. The van der Waals surface area contributed by atoms with Crippen molar-refractivity contribution < 1.29 is 14.2 Å². The second-order valence-corrected chi connectivity index (χ2v) is 11.3. The van der Waals surface area contributed by atoms with E-state index in [4.69, 9.17) is 23.2 Å². The normalized spacial score (nSPS) is 12.5. The van der Waals surface area contributed by atoms with Gasteiger partial charge in [0.2, 0.25) is 5.52 Å². The molecule has 6 heteroatoms. The molecule has 0 N–H and O–H groups in total. The van der Waals surface area contributed by atoms with Crippen LogP contribution < -0.4 is 5.30 Å². The molecule has 0 radical (unpaired) electrons. The third-order valence-corrected chi connectivity index (χ3v) is 8.09. The first-order valence-electron chi connectivity index (χ1n) is 10.2. The van der Waals surface area contributed by atoms with Gasteiger partial charge in [0.15, 0.2) is 13.6 Å². The van der Waals surface area contributed by atoms with Crippen LogP contribution in [0.2, 0.25) is 10.0 Å². The minimum Gasteiger partial charge on any atom is -0.313 e. The van der Waals surface area contributed by atoms with Crippen LogP contribution in [0.25, 0.3) is 0 Å². The molecule has 0 aliphatic carbocycles. The number of benzene rings is 3. The quantitative estimate of drug-likeness (QED) is 0.283. The first kappa shape index (κ1) is 24.5. The summed E-state index contributed by atoms with van der Waals surface area (Å²) in [5.41, 5.74) is 3.02. The second-order valence-electron chi connectivity index (χ2n) is 8.87. The van der Waals surface area contributed by atoms with Crippen LogP contribution in [0.15, 0.2) is 54.6 Å². The molecule has 3 rings (SSSR count). The summed E-state index contributed by atoms with van der Waals surface area (Å²) in [6.45, 7) is 9.97. The number of halogens is 2. The van der Waals surface area contributed by atoms with E-state index in [9.17, 15) is 14.2 Å². The molecule has 32 heavy (non-hydrogen) atoms. The van der Waals surface area contributed by atoms with E-state index in [1.807, 2.05) is 26.0 Å². The van der Waals surface area contributed by atoms with Crippen LogP contribution in [-0.2, 0) is 9.98 Å². The van der Waals surface area contributed by atoms with Gasteiger partial charge in [-0.15, -0.1) is 0 Å². The first-order valence-corrected chi connectivity index (χ1v) is 12.4. The SMILES string of the molecule is Cc1cc(C(C)(C)C)cc(C)c1C(=O)[PH](=O)c1c(Cl)ccc(C(=O)c2ccccc2)c1Cl. The topological polar surface area (TPSA) is 51.2 Å². The van der Waals surface area contributed by atoms with Gasteiger partial charge in [0.25, 0.3) is 0 Å². The minimum absolute atomic E-state index is 0.0313. The fraction of sp³-hybridized carbons (Fsp3) is 0.231. The standard InChI is InChI=1S/C26H25Cl2O3P/c1-15-13-18(26(3,4)5)14-16(2)21(15)25(30)32(31)24-20(27)12-11-19(22(24)28)23(29)17-9-7-6-8-10-17/h6-14,32H,1-5H3. The van der Waals surface area contributed by atoms with Gasteiger partial charge in [-0.1, -0.05) is 86.4 Å². The van der Waals surface area contributed by atoms with Crippen LogP contribution in [0.4, 0.5) is 0 Å². The molecule has 1 unspecified atom stereocenters. The zero-order valence-electron chi connectivity index (χ0n) is 18.7. The summed E-state index contributed by atoms with van der Waals surface area (Å²) in [6, 6.07) is 15.5. The number of hydrogen-bond acceptors (Lipinski definition) is 3. The summed E-state index contributed by atoms with van der Waals surface area (Å²) in [7, 11) is -3.09.